The van der Waals surface area contributed by atoms with Crippen molar-refractivity contribution in [2.24, 2.45) is 0 Å². The van der Waals surface area contributed by atoms with Gasteiger partial charge in [-0.2, -0.15) is 0 Å². The number of rotatable bonds is 5. The number of thiazole rings is 1. The number of carbonyl (C=O) groups excluding carboxylic acids is 2. The summed E-state index contributed by atoms with van der Waals surface area (Å²) >= 11 is 1.55. The Hall–Kier alpha value is -1.47. The van der Waals surface area contributed by atoms with Crippen LogP contribution < -0.4 is 16.0 Å². The monoisotopic (exact) mass is 310 g/mol. The fraction of sp³-hybridized carbons (Fsp3) is 0.643. The number of hydrogen-bond acceptors (Lipinski definition) is 5. The molecule has 1 aliphatic rings. The number of hydrogen-bond donors (Lipinski definition) is 3. The maximum atomic E-state index is 12.0. The molecule has 21 heavy (non-hydrogen) atoms. The normalized spacial score (nSPS) is 19.7. The fourth-order valence-electron chi connectivity index (χ4n) is 2.23. The largest absolute Gasteiger partial charge is 0.354 e. The Labute approximate surface area is 128 Å². The van der Waals surface area contributed by atoms with Crippen LogP contribution in [0.5, 0.6) is 0 Å². The molecule has 2 heterocycles. The Morgan fingerprint density at radius 3 is 3.05 bits per heavy atom. The summed E-state index contributed by atoms with van der Waals surface area (Å²) in [6, 6.07) is -0.412. The molecule has 1 fully saturated rings. The summed E-state index contributed by atoms with van der Waals surface area (Å²) in [7, 11) is 0. The highest BCUT2D eigenvalue weighted by Gasteiger charge is 2.26. The Morgan fingerprint density at radius 2 is 2.33 bits per heavy atom. The number of amides is 2. The van der Waals surface area contributed by atoms with E-state index in [2.05, 4.69) is 20.9 Å². The summed E-state index contributed by atoms with van der Waals surface area (Å²) in [5, 5.41) is 11.6. The molecule has 0 aromatic carbocycles. The first kappa shape index (κ1) is 15.9. The van der Waals surface area contributed by atoms with E-state index in [1.807, 2.05) is 19.2 Å². The van der Waals surface area contributed by atoms with E-state index in [-0.39, 0.29) is 23.9 Å². The van der Waals surface area contributed by atoms with Crippen molar-refractivity contribution in [3.05, 3.63) is 16.6 Å². The molecule has 116 valence electrons. The summed E-state index contributed by atoms with van der Waals surface area (Å²) in [5.41, 5.74) is -0.364. The number of nitrogens with zero attached hydrogens (tertiary/aromatic N) is 1. The van der Waals surface area contributed by atoms with Crippen LogP contribution in [0.4, 0.5) is 0 Å². The summed E-state index contributed by atoms with van der Waals surface area (Å²) in [6.07, 6.45) is 4.36. The van der Waals surface area contributed by atoms with Gasteiger partial charge in [-0.25, -0.2) is 4.98 Å². The van der Waals surface area contributed by atoms with Gasteiger partial charge in [-0.05, 0) is 33.1 Å². The SMILES string of the molecule is CC(C)(NCC(=O)NC1CCCCNC1=O)c1nccs1. The van der Waals surface area contributed by atoms with Gasteiger partial charge in [0.1, 0.15) is 11.0 Å². The Balaban J connectivity index is 1.83. The van der Waals surface area contributed by atoms with E-state index in [1.54, 1.807) is 17.5 Å². The van der Waals surface area contributed by atoms with Crippen molar-refractivity contribution in [1.82, 2.24) is 20.9 Å². The van der Waals surface area contributed by atoms with Gasteiger partial charge in [0, 0.05) is 18.1 Å². The minimum atomic E-state index is -0.412. The quantitative estimate of drug-likeness (QED) is 0.749. The second kappa shape index (κ2) is 7.00. The first-order chi connectivity index (χ1) is 9.99. The molecule has 1 aliphatic heterocycles. The summed E-state index contributed by atoms with van der Waals surface area (Å²) < 4.78 is 0. The molecular weight excluding hydrogens is 288 g/mol. The second-order valence-electron chi connectivity index (χ2n) is 5.72. The van der Waals surface area contributed by atoms with Crippen LogP contribution in [0, 0.1) is 0 Å². The molecule has 7 heteroatoms. The van der Waals surface area contributed by atoms with Crippen LogP contribution in [0.3, 0.4) is 0 Å². The molecule has 2 amide bonds. The molecule has 3 N–H and O–H groups in total. The van der Waals surface area contributed by atoms with Gasteiger partial charge in [-0.1, -0.05) is 0 Å². The van der Waals surface area contributed by atoms with Crippen molar-refractivity contribution < 1.29 is 9.59 Å². The summed E-state index contributed by atoms with van der Waals surface area (Å²) in [5.74, 6) is -0.248. The van der Waals surface area contributed by atoms with E-state index >= 15 is 0 Å². The topological polar surface area (TPSA) is 83.1 Å². The predicted octanol–water partition coefficient (Wildman–Crippen LogP) is 0.753. The standard InChI is InChI=1S/C14H22N4O2S/c1-14(2,13-16-7-8-21-13)17-9-11(19)18-10-5-3-4-6-15-12(10)20/h7-8,10,17H,3-6,9H2,1-2H3,(H,15,20)(H,18,19). The lowest BCUT2D eigenvalue weighted by Gasteiger charge is -2.24. The van der Waals surface area contributed by atoms with Gasteiger partial charge in [0.05, 0.1) is 12.1 Å². The zero-order valence-electron chi connectivity index (χ0n) is 12.4. The molecule has 1 aromatic rings. The van der Waals surface area contributed by atoms with Gasteiger partial charge in [-0.15, -0.1) is 11.3 Å². The van der Waals surface area contributed by atoms with Gasteiger partial charge in [0.15, 0.2) is 0 Å². The number of carbonyl (C=O) groups is 2. The number of aromatic nitrogens is 1. The minimum Gasteiger partial charge on any atom is -0.354 e. The van der Waals surface area contributed by atoms with Crippen molar-refractivity contribution in [3.8, 4) is 0 Å². The molecule has 2 rings (SSSR count). The Morgan fingerprint density at radius 1 is 1.52 bits per heavy atom. The lowest BCUT2D eigenvalue weighted by atomic mass is 10.1. The van der Waals surface area contributed by atoms with E-state index in [9.17, 15) is 9.59 Å². The molecule has 0 spiro atoms. The molecule has 6 nitrogen and oxygen atoms in total. The molecule has 0 saturated carbocycles. The van der Waals surface area contributed by atoms with Crippen molar-refractivity contribution >= 4 is 23.2 Å². The molecule has 0 aliphatic carbocycles. The van der Waals surface area contributed by atoms with Crippen LogP contribution in [-0.2, 0) is 15.1 Å². The van der Waals surface area contributed by atoms with Gasteiger partial charge in [0.2, 0.25) is 11.8 Å². The zero-order chi connectivity index (χ0) is 15.3. The van der Waals surface area contributed by atoms with Gasteiger partial charge in [-0.3, -0.25) is 14.9 Å². The maximum Gasteiger partial charge on any atom is 0.242 e. The smallest absolute Gasteiger partial charge is 0.242 e. The second-order valence-corrected chi connectivity index (χ2v) is 6.62. The van der Waals surface area contributed by atoms with Crippen LogP contribution in [0.15, 0.2) is 11.6 Å². The van der Waals surface area contributed by atoms with Crippen molar-refractivity contribution in [1.29, 1.82) is 0 Å². The predicted molar refractivity (Wildman–Crippen MR) is 81.9 cm³/mol. The number of nitrogens with one attached hydrogen (secondary N) is 3. The highest BCUT2D eigenvalue weighted by atomic mass is 32.1. The molecule has 0 radical (unpaired) electrons. The van der Waals surface area contributed by atoms with E-state index in [1.165, 1.54) is 0 Å². The van der Waals surface area contributed by atoms with E-state index in [4.69, 9.17) is 0 Å². The Bertz CT molecular complexity index is 487. The lowest BCUT2D eigenvalue weighted by molar-refractivity contribution is -0.128. The average molecular weight is 310 g/mol. The lowest BCUT2D eigenvalue weighted by Crippen LogP contribution is -2.50. The van der Waals surface area contributed by atoms with Crippen LogP contribution in [-0.4, -0.2) is 35.9 Å². The van der Waals surface area contributed by atoms with Crippen LogP contribution in [0.25, 0.3) is 0 Å². The third-order valence-electron chi connectivity index (χ3n) is 3.53. The molecule has 1 atom stereocenters. The van der Waals surface area contributed by atoms with Gasteiger partial charge >= 0.3 is 0 Å². The third kappa shape index (κ3) is 4.50. The molecule has 1 saturated heterocycles. The first-order valence-corrected chi connectivity index (χ1v) is 8.09. The van der Waals surface area contributed by atoms with Crippen LogP contribution >= 0.6 is 11.3 Å². The van der Waals surface area contributed by atoms with Crippen LogP contribution in [0.1, 0.15) is 38.1 Å². The average Bonchev–Trinajstić information content (AvgIpc) is 2.92. The van der Waals surface area contributed by atoms with Gasteiger partial charge in [0.25, 0.3) is 0 Å². The van der Waals surface area contributed by atoms with Crippen molar-refractivity contribution in [2.45, 2.75) is 44.7 Å². The first-order valence-electron chi connectivity index (χ1n) is 7.21. The van der Waals surface area contributed by atoms with E-state index in [0.29, 0.717) is 13.0 Å². The maximum absolute atomic E-state index is 12.0. The molecule has 1 unspecified atom stereocenters. The summed E-state index contributed by atoms with van der Waals surface area (Å²) in [4.78, 5) is 28.1. The highest BCUT2D eigenvalue weighted by molar-refractivity contribution is 7.09. The highest BCUT2D eigenvalue weighted by Crippen LogP contribution is 2.21. The third-order valence-corrected chi connectivity index (χ3v) is 4.63. The molecular formula is C14H22N4O2S. The van der Waals surface area contributed by atoms with Crippen LogP contribution in [0.2, 0.25) is 0 Å². The van der Waals surface area contributed by atoms with Crippen molar-refractivity contribution in [3.63, 3.8) is 0 Å². The van der Waals surface area contributed by atoms with Crippen molar-refractivity contribution in [2.75, 3.05) is 13.1 Å². The van der Waals surface area contributed by atoms with E-state index in [0.717, 1.165) is 17.8 Å². The fourth-order valence-corrected chi connectivity index (χ4v) is 2.97. The van der Waals surface area contributed by atoms with E-state index < -0.39 is 6.04 Å². The van der Waals surface area contributed by atoms with Gasteiger partial charge < -0.3 is 10.6 Å². The zero-order valence-corrected chi connectivity index (χ0v) is 13.3. The summed E-state index contributed by atoms with van der Waals surface area (Å²) in [6.45, 7) is 4.83. The molecule has 0 bridgehead atoms. The minimum absolute atomic E-state index is 0.0833. The Kier molecular flexibility index (Phi) is 5.30. The molecule has 1 aromatic heterocycles.